The van der Waals surface area contributed by atoms with Gasteiger partial charge in [0.05, 0.1) is 17.6 Å². The van der Waals surface area contributed by atoms with E-state index in [4.69, 9.17) is 4.74 Å². The first-order valence-corrected chi connectivity index (χ1v) is 7.07. The fraction of sp³-hybridized carbons (Fsp3) is 0.200. The van der Waals surface area contributed by atoms with Crippen LogP contribution in [0.4, 0.5) is 4.39 Å². The zero-order chi connectivity index (χ0) is 17.1. The van der Waals surface area contributed by atoms with Crippen molar-refractivity contribution in [3.63, 3.8) is 0 Å². The fourth-order valence-corrected chi connectivity index (χ4v) is 2.18. The Hall–Kier alpha value is -3.23. The molecule has 1 amide bonds. The lowest BCUT2D eigenvalue weighted by molar-refractivity contribution is 0.0947. The number of H-pyrrole nitrogens is 1. The van der Waals surface area contributed by atoms with Crippen molar-refractivity contribution in [2.24, 2.45) is 0 Å². The van der Waals surface area contributed by atoms with Crippen molar-refractivity contribution < 1.29 is 18.6 Å². The van der Waals surface area contributed by atoms with Crippen LogP contribution in [0.2, 0.25) is 0 Å². The summed E-state index contributed by atoms with van der Waals surface area (Å²) in [6, 6.07) is 5.00. The topological polar surface area (TPSA) is 110 Å². The van der Waals surface area contributed by atoms with E-state index >= 15 is 0 Å². The maximum absolute atomic E-state index is 13.3. The highest BCUT2D eigenvalue weighted by atomic mass is 19.1. The van der Waals surface area contributed by atoms with Crippen LogP contribution in [0.1, 0.15) is 16.1 Å². The number of pyridine rings is 1. The predicted octanol–water partition coefficient (Wildman–Crippen LogP) is 1.17. The molecule has 2 N–H and O–H groups in total. The number of ether oxygens (including phenoxy) is 1. The molecule has 9 heteroatoms. The average molecular weight is 332 g/mol. The summed E-state index contributed by atoms with van der Waals surface area (Å²) in [7, 11) is 0. The van der Waals surface area contributed by atoms with Crippen LogP contribution in [0.5, 0.6) is 5.88 Å². The number of nitrogens with one attached hydrogen (secondary N) is 2. The number of halogens is 1. The second kappa shape index (κ2) is 6.49. The molecule has 0 aliphatic rings. The molecular formula is C15H13FN4O4. The third-order valence-electron chi connectivity index (χ3n) is 3.29. The lowest BCUT2D eigenvalue weighted by atomic mass is 10.1. The van der Waals surface area contributed by atoms with Crippen molar-refractivity contribution in [2.45, 2.75) is 6.92 Å². The maximum Gasteiger partial charge on any atom is 0.278 e. The van der Waals surface area contributed by atoms with Crippen molar-refractivity contribution in [1.29, 1.82) is 0 Å². The summed E-state index contributed by atoms with van der Waals surface area (Å²) in [6.45, 7) is 2.00. The Balaban J connectivity index is 1.70. The molecular weight excluding hydrogens is 319 g/mol. The predicted molar refractivity (Wildman–Crippen MR) is 81.4 cm³/mol. The Kier molecular flexibility index (Phi) is 4.23. The van der Waals surface area contributed by atoms with Gasteiger partial charge in [0.15, 0.2) is 0 Å². The van der Waals surface area contributed by atoms with Crippen LogP contribution in [0, 0.1) is 12.7 Å². The number of carbonyl (C=O) groups is 1. The van der Waals surface area contributed by atoms with Crippen LogP contribution in [0.15, 0.2) is 33.7 Å². The third-order valence-corrected chi connectivity index (χ3v) is 3.29. The van der Waals surface area contributed by atoms with Gasteiger partial charge < -0.3 is 15.0 Å². The molecule has 3 rings (SSSR count). The number of rotatable bonds is 5. The van der Waals surface area contributed by atoms with Gasteiger partial charge in [-0.25, -0.2) is 9.02 Å². The van der Waals surface area contributed by atoms with Gasteiger partial charge in [0.1, 0.15) is 18.1 Å². The standard InChI is InChI=1S/C15H13FN4O4/c1-8-15(20-24-19-8)23-5-4-17-14(22)11-7-13(21)18-12-6-9(16)2-3-10(11)12/h2-3,6-7H,4-5H2,1H3,(H,17,22)(H,18,21). The molecule has 0 bridgehead atoms. The van der Waals surface area contributed by atoms with Crippen LogP contribution in [-0.4, -0.2) is 34.4 Å². The van der Waals surface area contributed by atoms with E-state index in [1.165, 1.54) is 18.2 Å². The van der Waals surface area contributed by atoms with Crippen molar-refractivity contribution in [1.82, 2.24) is 20.6 Å². The number of aromatic nitrogens is 3. The molecule has 2 heterocycles. The molecule has 124 valence electrons. The first-order valence-electron chi connectivity index (χ1n) is 7.07. The van der Waals surface area contributed by atoms with Gasteiger partial charge in [-0.05, 0) is 30.3 Å². The molecule has 0 fully saturated rings. The molecule has 0 radical (unpaired) electrons. The summed E-state index contributed by atoms with van der Waals surface area (Å²) in [5.41, 5.74) is 0.434. The lowest BCUT2D eigenvalue weighted by Gasteiger charge is -2.08. The molecule has 0 saturated carbocycles. The Morgan fingerprint density at radius 3 is 2.96 bits per heavy atom. The highest BCUT2D eigenvalue weighted by Gasteiger charge is 2.12. The summed E-state index contributed by atoms with van der Waals surface area (Å²) in [6.07, 6.45) is 0. The molecule has 0 aliphatic carbocycles. The molecule has 1 aromatic carbocycles. The monoisotopic (exact) mass is 332 g/mol. The van der Waals surface area contributed by atoms with Crippen LogP contribution in [0.25, 0.3) is 10.9 Å². The van der Waals surface area contributed by atoms with E-state index in [-0.39, 0.29) is 30.1 Å². The fourth-order valence-electron chi connectivity index (χ4n) is 2.18. The first kappa shape index (κ1) is 15.7. The third kappa shape index (κ3) is 3.24. The van der Waals surface area contributed by atoms with E-state index in [2.05, 4.69) is 25.2 Å². The Morgan fingerprint density at radius 1 is 1.38 bits per heavy atom. The molecule has 0 atom stereocenters. The number of fused-ring (bicyclic) bond motifs is 1. The first-order chi connectivity index (χ1) is 11.5. The average Bonchev–Trinajstić information content (AvgIpc) is 2.95. The van der Waals surface area contributed by atoms with Gasteiger partial charge in [0.25, 0.3) is 11.8 Å². The summed E-state index contributed by atoms with van der Waals surface area (Å²) in [5.74, 6) is -0.710. The minimum Gasteiger partial charge on any atom is -0.472 e. The van der Waals surface area contributed by atoms with Gasteiger partial charge in [-0.15, -0.1) is 0 Å². The number of amides is 1. The number of benzene rings is 1. The molecule has 8 nitrogen and oxygen atoms in total. The van der Waals surface area contributed by atoms with E-state index in [0.717, 1.165) is 6.07 Å². The van der Waals surface area contributed by atoms with E-state index in [9.17, 15) is 14.0 Å². The molecule has 0 unspecified atom stereocenters. The van der Waals surface area contributed by atoms with Gasteiger partial charge >= 0.3 is 0 Å². The summed E-state index contributed by atoms with van der Waals surface area (Å²) in [5, 5.41) is 10.2. The summed E-state index contributed by atoms with van der Waals surface area (Å²) < 4.78 is 23.0. The van der Waals surface area contributed by atoms with Gasteiger partial charge in [-0.2, -0.15) is 0 Å². The maximum atomic E-state index is 13.3. The van der Waals surface area contributed by atoms with Crippen molar-refractivity contribution in [3.05, 3.63) is 51.7 Å². The number of aromatic amines is 1. The Morgan fingerprint density at radius 2 is 2.21 bits per heavy atom. The smallest absolute Gasteiger partial charge is 0.278 e. The minimum absolute atomic E-state index is 0.149. The molecule has 24 heavy (non-hydrogen) atoms. The minimum atomic E-state index is -0.499. The quantitative estimate of drug-likeness (QED) is 0.679. The number of nitrogens with zero attached hydrogens (tertiary/aromatic N) is 2. The summed E-state index contributed by atoms with van der Waals surface area (Å²) >= 11 is 0. The second-order valence-electron chi connectivity index (χ2n) is 5.00. The van der Waals surface area contributed by atoms with Crippen LogP contribution < -0.4 is 15.6 Å². The van der Waals surface area contributed by atoms with Crippen LogP contribution in [0.3, 0.4) is 0 Å². The number of hydrogen-bond donors (Lipinski definition) is 2. The normalized spacial score (nSPS) is 10.8. The van der Waals surface area contributed by atoms with Crippen molar-refractivity contribution >= 4 is 16.8 Å². The molecule has 3 aromatic rings. The molecule has 0 aliphatic heterocycles. The zero-order valence-electron chi connectivity index (χ0n) is 12.6. The van der Waals surface area contributed by atoms with Gasteiger partial charge in [-0.1, -0.05) is 5.16 Å². The van der Waals surface area contributed by atoms with Crippen LogP contribution in [-0.2, 0) is 0 Å². The largest absolute Gasteiger partial charge is 0.472 e. The van der Waals surface area contributed by atoms with Crippen molar-refractivity contribution in [3.8, 4) is 5.88 Å². The van der Waals surface area contributed by atoms with E-state index in [0.29, 0.717) is 11.1 Å². The molecule has 0 spiro atoms. The highest BCUT2D eigenvalue weighted by molar-refractivity contribution is 6.05. The van der Waals surface area contributed by atoms with E-state index in [1.54, 1.807) is 6.92 Å². The van der Waals surface area contributed by atoms with Gasteiger partial charge in [0.2, 0.25) is 5.56 Å². The lowest BCUT2D eigenvalue weighted by Crippen LogP contribution is -2.29. The highest BCUT2D eigenvalue weighted by Crippen LogP contribution is 2.16. The Bertz CT molecular complexity index is 950. The number of hydrogen-bond acceptors (Lipinski definition) is 6. The van der Waals surface area contributed by atoms with Crippen LogP contribution >= 0.6 is 0 Å². The molecule has 0 saturated heterocycles. The Labute approximate surface area is 134 Å². The number of carbonyl (C=O) groups excluding carboxylic acids is 1. The van der Waals surface area contributed by atoms with Gasteiger partial charge in [-0.3, -0.25) is 9.59 Å². The second-order valence-corrected chi connectivity index (χ2v) is 5.00. The van der Waals surface area contributed by atoms with E-state index in [1.807, 2.05) is 0 Å². The zero-order valence-corrected chi connectivity index (χ0v) is 12.6. The SMILES string of the molecule is Cc1nonc1OCCNC(=O)c1cc(=O)[nH]c2cc(F)ccc12. The summed E-state index contributed by atoms with van der Waals surface area (Å²) in [4.78, 5) is 26.4. The number of aryl methyl sites for hydroxylation is 1. The molecule has 2 aromatic heterocycles. The van der Waals surface area contributed by atoms with Crippen molar-refractivity contribution in [2.75, 3.05) is 13.2 Å². The van der Waals surface area contributed by atoms with Gasteiger partial charge in [0, 0.05) is 11.5 Å². The van der Waals surface area contributed by atoms with E-state index < -0.39 is 17.3 Å².